The summed E-state index contributed by atoms with van der Waals surface area (Å²) in [6.07, 6.45) is 3.58. The highest BCUT2D eigenvalue weighted by molar-refractivity contribution is 6.30. The van der Waals surface area contributed by atoms with E-state index in [4.69, 9.17) is 11.6 Å². The average Bonchev–Trinajstić information content (AvgIpc) is 3.08. The van der Waals surface area contributed by atoms with Crippen molar-refractivity contribution in [2.45, 2.75) is 40.2 Å². The van der Waals surface area contributed by atoms with Gasteiger partial charge in [-0.3, -0.25) is 4.99 Å². The lowest BCUT2D eigenvalue weighted by Crippen LogP contribution is -2.40. The smallest absolute Gasteiger partial charge is 0.191 e. The summed E-state index contributed by atoms with van der Waals surface area (Å²) < 4.78 is 2.07. The molecule has 1 heterocycles. The van der Waals surface area contributed by atoms with Gasteiger partial charge in [0.2, 0.25) is 0 Å². The molecule has 1 aromatic heterocycles. The summed E-state index contributed by atoms with van der Waals surface area (Å²) in [6, 6.07) is 7.96. The normalized spacial score (nSPS) is 11.8. The Balaban J connectivity index is 1.82. The fraction of sp³-hybridized carbons (Fsp3) is 0.526. The summed E-state index contributed by atoms with van der Waals surface area (Å²) >= 11 is 5.93. The van der Waals surface area contributed by atoms with Gasteiger partial charge in [0.25, 0.3) is 0 Å². The molecule has 2 N–H and O–H groups in total. The molecule has 0 saturated heterocycles. The molecule has 26 heavy (non-hydrogen) atoms. The maximum Gasteiger partial charge on any atom is 0.191 e. The van der Waals surface area contributed by atoms with Crippen LogP contribution in [0.4, 0.5) is 0 Å². The van der Waals surface area contributed by atoms with Crippen molar-refractivity contribution in [1.29, 1.82) is 0 Å². The van der Waals surface area contributed by atoms with E-state index in [2.05, 4.69) is 63.3 Å². The summed E-state index contributed by atoms with van der Waals surface area (Å²) in [4.78, 5) is 4.66. The van der Waals surface area contributed by atoms with E-state index in [0.29, 0.717) is 5.92 Å². The number of hydrogen-bond acceptors (Lipinski definition) is 3. The van der Waals surface area contributed by atoms with Crippen LogP contribution in [0.3, 0.4) is 0 Å². The van der Waals surface area contributed by atoms with Crippen LogP contribution in [0.25, 0.3) is 0 Å². The van der Waals surface area contributed by atoms with Gasteiger partial charge in [-0.1, -0.05) is 44.5 Å². The van der Waals surface area contributed by atoms with Crippen LogP contribution >= 0.6 is 11.6 Å². The van der Waals surface area contributed by atoms with E-state index in [0.717, 1.165) is 55.8 Å². The standard InChI is InChI=1S/C19H29ClN6/c1-4-18-25-24-14-26(18)12-11-22-19(23-13-15(2)3)21-10-9-16-5-7-17(20)8-6-16/h5-8,14-15H,4,9-13H2,1-3H3,(H2,21,22,23). The molecule has 0 spiro atoms. The third-order valence-corrected chi connectivity index (χ3v) is 4.14. The van der Waals surface area contributed by atoms with E-state index in [-0.39, 0.29) is 0 Å². The maximum atomic E-state index is 5.93. The summed E-state index contributed by atoms with van der Waals surface area (Å²) in [5, 5.41) is 15.7. The van der Waals surface area contributed by atoms with Crippen molar-refractivity contribution in [2.24, 2.45) is 10.9 Å². The van der Waals surface area contributed by atoms with Crippen molar-refractivity contribution in [3.05, 3.63) is 47.0 Å². The van der Waals surface area contributed by atoms with Crippen molar-refractivity contribution >= 4 is 17.6 Å². The zero-order valence-electron chi connectivity index (χ0n) is 15.9. The van der Waals surface area contributed by atoms with Crippen LogP contribution < -0.4 is 10.6 Å². The summed E-state index contributed by atoms with van der Waals surface area (Å²) in [7, 11) is 0. The highest BCUT2D eigenvalue weighted by atomic mass is 35.5. The highest BCUT2D eigenvalue weighted by Crippen LogP contribution is 2.09. The van der Waals surface area contributed by atoms with Gasteiger partial charge in [-0.2, -0.15) is 0 Å². The van der Waals surface area contributed by atoms with Gasteiger partial charge in [0.1, 0.15) is 12.2 Å². The number of halogens is 1. The molecular weight excluding hydrogens is 348 g/mol. The number of nitrogens with zero attached hydrogens (tertiary/aromatic N) is 4. The highest BCUT2D eigenvalue weighted by Gasteiger charge is 2.03. The van der Waals surface area contributed by atoms with Crippen molar-refractivity contribution in [3.8, 4) is 0 Å². The molecule has 0 saturated carbocycles. The zero-order valence-corrected chi connectivity index (χ0v) is 16.6. The fourth-order valence-electron chi connectivity index (χ4n) is 2.46. The molecule has 7 heteroatoms. The number of nitrogens with one attached hydrogen (secondary N) is 2. The summed E-state index contributed by atoms with van der Waals surface area (Å²) in [6.45, 7) is 9.62. The SMILES string of the molecule is CCc1nncn1CCNC(=NCC(C)C)NCCc1ccc(Cl)cc1. The predicted octanol–water partition coefficient (Wildman–Crippen LogP) is 2.93. The molecule has 1 aromatic carbocycles. The first-order valence-corrected chi connectivity index (χ1v) is 9.59. The lowest BCUT2D eigenvalue weighted by Gasteiger charge is -2.14. The molecular formula is C19H29ClN6. The van der Waals surface area contributed by atoms with E-state index >= 15 is 0 Å². The van der Waals surface area contributed by atoms with Crippen LogP contribution in [-0.2, 0) is 19.4 Å². The first kappa shape index (κ1) is 20.2. The molecule has 6 nitrogen and oxygen atoms in total. The maximum absolute atomic E-state index is 5.93. The van der Waals surface area contributed by atoms with Gasteiger partial charge < -0.3 is 15.2 Å². The quantitative estimate of drug-likeness (QED) is 0.521. The molecule has 0 amide bonds. The first-order valence-electron chi connectivity index (χ1n) is 9.21. The van der Waals surface area contributed by atoms with Crippen molar-refractivity contribution < 1.29 is 0 Å². The Morgan fingerprint density at radius 3 is 2.62 bits per heavy atom. The Kier molecular flexibility index (Phi) is 8.41. The minimum Gasteiger partial charge on any atom is -0.356 e. The Morgan fingerprint density at radius 2 is 1.92 bits per heavy atom. The van der Waals surface area contributed by atoms with Crippen LogP contribution in [-0.4, -0.2) is 40.4 Å². The van der Waals surface area contributed by atoms with E-state index in [1.807, 2.05) is 12.1 Å². The third kappa shape index (κ3) is 7.04. The van der Waals surface area contributed by atoms with Crippen LogP contribution in [0.2, 0.25) is 5.02 Å². The van der Waals surface area contributed by atoms with Crippen LogP contribution in [0.1, 0.15) is 32.2 Å². The molecule has 0 aliphatic rings. The molecule has 2 rings (SSSR count). The summed E-state index contributed by atoms with van der Waals surface area (Å²) in [5.41, 5.74) is 1.25. The van der Waals surface area contributed by atoms with Crippen molar-refractivity contribution in [2.75, 3.05) is 19.6 Å². The molecule has 0 unspecified atom stereocenters. The largest absolute Gasteiger partial charge is 0.356 e. The Labute approximate surface area is 161 Å². The second-order valence-corrected chi connectivity index (χ2v) is 7.04. The van der Waals surface area contributed by atoms with Gasteiger partial charge in [0.15, 0.2) is 5.96 Å². The Bertz CT molecular complexity index is 678. The fourth-order valence-corrected chi connectivity index (χ4v) is 2.58. The van der Waals surface area contributed by atoms with Crippen LogP contribution in [0.5, 0.6) is 0 Å². The number of aromatic nitrogens is 3. The molecule has 0 fully saturated rings. The lowest BCUT2D eigenvalue weighted by molar-refractivity contribution is 0.623. The van der Waals surface area contributed by atoms with Crippen molar-refractivity contribution in [1.82, 2.24) is 25.4 Å². The molecule has 0 aliphatic carbocycles. The topological polar surface area (TPSA) is 67.1 Å². The number of aliphatic imine (C=N–C) groups is 1. The van der Waals surface area contributed by atoms with E-state index in [9.17, 15) is 0 Å². The molecule has 2 aromatic rings. The minimum atomic E-state index is 0.523. The summed E-state index contributed by atoms with van der Waals surface area (Å²) in [5.74, 6) is 2.37. The molecule has 0 radical (unpaired) electrons. The third-order valence-electron chi connectivity index (χ3n) is 3.89. The number of aryl methyl sites for hydroxylation is 1. The van der Waals surface area contributed by atoms with Crippen molar-refractivity contribution in [3.63, 3.8) is 0 Å². The first-order chi connectivity index (χ1) is 12.6. The van der Waals surface area contributed by atoms with Gasteiger partial charge >= 0.3 is 0 Å². The van der Waals surface area contributed by atoms with Gasteiger partial charge in [-0.15, -0.1) is 10.2 Å². The molecule has 142 valence electrons. The second-order valence-electron chi connectivity index (χ2n) is 6.61. The zero-order chi connectivity index (χ0) is 18.8. The average molecular weight is 377 g/mol. The molecule has 0 bridgehead atoms. The second kappa shape index (κ2) is 10.8. The number of guanidine groups is 1. The van der Waals surface area contributed by atoms with Crippen LogP contribution in [0, 0.1) is 5.92 Å². The number of rotatable bonds is 9. The van der Waals surface area contributed by atoms with E-state index < -0.39 is 0 Å². The number of hydrogen-bond donors (Lipinski definition) is 2. The van der Waals surface area contributed by atoms with Crippen LogP contribution in [0.15, 0.2) is 35.6 Å². The number of benzene rings is 1. The lowest BCUT2D eigenvalue weighted by atomic mass is 10.1. The van der Waals surface area contributed by atoms with Gasteiger partial charge in [-0.05, 0) is 30.0 Å². The monoisotopic (exact) mass is 376 g/mol. The van der Waals surface area contributed by atoms with Gasteiger partial charge in [0, 0.05) is 37.6 Å². The van der Waals surface area contributed by atoms with Gasteiger partial charge in [0.05, 0.1) is 0 Å². The Morgan fingerprint density at radius 1 is 1.19 bits per heavy atom. The van der Waals surface area contributed by atoms with Gasteiger partial charge in [-0.25, -0.2) is 0 Å². The molecule has 0 atom stereocenters. The Hall–Kier alpha value is -2.08. The van der Waals surface area contributed by atoms with E-state index in [1.54, 1.807) is 6.33 Å². The molecule has 0 aliphatic heterocycles. The predicted molar refractivity (Wildman–Crippen MR) is 108 cm³/mol. The minimum absolute atomic E-state index is 0.523. The van der Waals surface area contributed by atoms with E-state index in [1.165, 1.54) is 5.56 Å².